The number of carbonyl (C=O) groups excluding carboxylic acids is 2. The Labute approximate surface area is 172 Å². The van der Waals surface area contributed by atoms with E-state index in [2.05, 4.69) is 15.2 Å². The van der Waals surface area contributed by atoms with Gasteiger partial charge in [-0.1, -0.05) is 18.9 Å². The molecule has 1 saturated carbocycles. The Morgan fingerprint density at radius 2 is 1.78 bits per heavy atom. The van der Waals surface area contributed by atoms with E-state index in [0.717, 1.165) is 44.6 Å². The summed E-state index contributed by atoms with van der Waals surface area (Å²) in [7, 11) is 0. The topological polar surface area (TPSA) is 91.6 Å². The van der Waals surface area contributed by atoms with Crippen molar-refractivity contribution in [3.05, 3.63) is 24.4 Å². The van der Waals surface area contributed by atoms with E-state index in [1.54, 1.807) is 6.20 Å². The Morgan fingerprint density at radius 3 is 2.37 bits per heavy atom. The average molecular weight is 418 g/mol. The van der Waals surface area contributed by atoms with E-state index in [4.69, 9.17) is 5.73 Å². The van der Waals surface area contributed by atoms with Crippen molar-refractivity contribution < 1.29 is 9.59 Å². The summed E-state index contributed by atoms with van der Waals surface area (Å²) in [5.41, 5.74) is 5.39. The van der Waals surface area contributed by atoms with E-state index in [9.17, 15) is 9.59 Å². The lowest BCUT2D eigenvalue weighted by Crippen LogP contribution is -2.53. The van der Waals surface area contributed by atoms with Gasteiger partial charge in [0, 0.05) is 45.3 Å². The minimum Gasteiger partial charge on any atom is -0.354 e. The number of hydrogen-bond acceptors (Lipinski definition) is 5. The van der Waals surface area contributed by atoms with Crippen LogP contribution in [0.2, 0.25) is 0 Å². The van der Waals surface area contributed by atoms with Gasteiger partial charge in [0.2, 0.25) is 11.8 Å². The van der Waals surface area contributed by atoms with E-state index in [0.29, 0.717) is 26.1 Å². The third kappa shape index (κ3) is 5.96. The van der Waals surface area contributed by atoms with Crippen LogP contribution in [0.1, 0.15) is 32.1 Å². The maximum Gasteiger partial charge on any atom is 0.240 e. The van der Waals surface area contributed by atoms with E-state index in [1.165, 1.54) is 0 Å². The molecule has 7 nitrogen and oxygen atoms in total. The standard InChI is InChI=1S/C18H27N5O2.2ClH/c19-18(7-2-3-8-18)17(25)21-10-6-16(24)23-13-11-22(12-14-23)15-5-1-4-9-20-15;;/h1,4-5,9H,2-3,6-8,10-14,19H2,(H,21,25);2*1H. The first-order valence-corrected chi connectivity index (χ1v) is 9.09. The van der Waals surface area contributed by atoms with Crippen molar-refractivity contribution in [2.75, 3.05) is 37.6 Å². The second-order valence-corrected chi connectivity index (χ2v) is 6.92. The zero-order valence-corrected chi connectivity index (χ0v) is 17.1. The predicted octanol–water partition coefficient (Wildman–Crippen LogP) is 1.35. The first-order valence-electron chi connectivity index (χ1n) is 9.09. The number of nitrogens with one attached hydrogen (secondary N) is 1. The Kier molecular flexibility index (Phi) is 9.29. The van der Waals surface area contributed by atoms with Crippen molar-refractivity contribution in [2.45, 2.75) is 37.6 Å². The van der Waals surface area contributed by atoms with Crippen LogP contribution in [0, 0.1) is 0 Å². The molecule has 0 spiro atoms. The van der Waals surface area contributed by atoms with Crippen LogP contribution in [0.15, 0.2) is 24.4 Å². The fourth-order valence-corrected chi connectivity index (χ4v) is 3.58. The predicted molar refractivity (Wildman–Crippen MR) is 111 cm³/mol. The third-order valence-electron chi connectivity index (χ3n) is 5.18. The van der Waals surface area contributed by atoms with Gasteiger partial charge in [-0.2, -0.15) is 0 Å². The summed E-state index contributed by atoms with van der Waals surface area (Å²) < 4.78 is 0. The summed E-state index contributed by atoms with van der Waals surface area (Å²) >= 11 is 0. The van der Waals surface area contributed by atoms with Crippen molar-refractivity contribution in [2.24, 2.45) is 5.73 Å². The molecule has 9 heteroatoms. The van der Waals surface area contributed by atoms with Crippen LogP contribution >= 0.6 is 24.8 Å². The fourth-order valence-electron chi connectivity index (χ4n) is 3.58. The molecule has 1 aromatic rings. The van der Waals surface area contributed by atoms with Crippen LogP contribution in [0.5, 0.6) is 0 Å². The van der Waals surface area contributed by atoms with Gasteiger partial charge in [-0.15, -0.1) is 24.8 Å². The minimum absolute atomic E-state index is 0. The molecule has 152 valence electrons. The van der Waals surface area contributed by atoms with Gasteiger partial charge in [0.25, 0.3) is 0 Å². The highest BCUT2D eigenvalue weighted by molar-refractivity contribution is 5.87. The Hall–Kier alpha value is -1.57. The van der Waals surface area contributed by atoms with E-state index >= 15 is 0 Å². The zero-order valence-electron chi connectivity index (χ0n) is 15.4. The third-order valence-corrected chi connectivity index (χ3v) is 5.18. The van der Waals surface area contributed by atoms with Gasteiger partial charge < -0.3 is 20.9 Å². The number of hydrogen-bond donors (Lipinski definition) is 2. The highest BCUT2D eigenvalue weighted by atomic mass is 35.5. The second kappa shape index (κ2) is 10.7. The molecule has 1 aliphatic carbocycles. The van der Waals surface area contributed by atoms with Crippen LogP contribution in [0.3, 0.4) is 0 Å². The molecule has 1 aliphatic heterocycles. The molecular formula is C18H29Cl2N5O2. The SMILES string of the molecule is Cl.Cl.NC1(C(=O)NCCC(=O)N2CCN(c3ccccn3)CC2)CCCC1. The molecule has 0 radical (unpaired) electrons. The normalized spacial score (nSPS) is 18.3. The number of anilines is 1. The lowest BCUT2D eigenvalue weighted by Gasteiger charge is -2.35. The summed E-state index contributed by atoms with van der Waals surface area (Å²) in [4.78, 5) is 32.9. The maximum absolute atomic E-state index is 12.3. The van der Waals surface area contributed by atoms with Crippen LogP contribution < -0.4 is 16.0 Å². The molecule has 2 heterocycles. The lowest BCUT2D eigenvalue weighted by atomic mass is 9.98. The van der Waals surface area contributed by atoms with Crippen LogP contribution in [0.25, 0.3) is 0 Å². The first kappa shape index (κ1) is 23.5. The molecule has 0 unspecified atom stereocenters. The van der Waals surface area contributed by atoms with Crippen LogP contribution in [-0.4, -0.2) is 60.0 Å². The highest BCUT2D eigenvalue weighted by Crippen LogP contribution is 2.27. The smallest absolute Gasteiger partial charge is 0.240 e. The summed E-state index contributed by atoms with van der Waals surface area (Å²) in [6, 6.07) is 5.85. The van der Waals surface area contributed by atoms with Gasteiger partial charge in [0.1, 0.15) is 5.82 Å². The van der Waals surface area contributed by atoms with Crippen LogP contribution in [0.4, 0.5) is 5.82 Å². The average Bonchev–Trinajstić information content (AvgIpc) is 3.10. The van der Waals surface area contributed by atoms with Gasteiger partial charge in [0.05, 0.1) is 5.54 Å². The molecule has 0 aromatic carbocycles. The molecule has 3 N–H and O–H groups in total. The van der Waals surface area contributed by atoms with Gasteiger partial charge in [-0.3, -0.25) is 9.59 Å². The Bertz CT molecular complexity index is 603. The lowest BCUT2D eigenvalue weighted by molar-refractivity contribution is -0.131. The molecule has 0 atom stereocenters. The van der Waals surface area contributed by atoms with E-state index < -0.39 is 5.54 Å². The van der Waals surface area contributed by atoms with Crippen LogP contribution in [-0.2, 0) is 9.59 Å². The molecule has 2 aliphatic rings. The van der Waals surface area contributed by atoms with Crippen molar-refractivity contribution in [3.8, 4) is 0 Å². The quantitative estimate of drug-likeness (QED) is 0.754. The molecular weight excluding hydrogens is 389 g/mol. The maximum atomic E-state index is 12.3. The number of amides is 2. The van der Waals surface area contributed by atoms with Crippen molar-refractivity contribution in [3.63, 3.8) is 0 Å². The minimum atomic E-state index is -0.725. The van der Waals surface area contributed by atoms with Gasteiger partial charge in [-0.05, 0) is 25.0 Å². The zero-order chi connectivity index (χ0) is 17.7. The summed E-state index contributed by atoms with van der Waals surface area (Å²) in [5, 5.41) is 2.84. The van der Waals surface area contributed by atoms with Gasteiger partial charge in [0.15, 0.2) is 0 Å². The summed E-state index contributed by atoms with van der Waals surface area (Å²) in [5.74, 6) is 0.919. The fraction of sp³-hybridized carbons (Fsp3) is 0.611. The van der Waals surface area contributed by atoms with Gasteiger partial charge in [-0.25, -0.2) is 4.98 Å². The highest BCUT2D eigenvalue weighted by Gasteiger charge is 2.36. The number of rotatable bonds is 5. The molecule has 1 saturated heterocycles. The number of nitrogens with two attached hydrogens (primary N) is 1. The Balaban J connectivity index is 0.00000182. The van der Waals surface area contributed by atoms with E-state index in [-0.39, 0.29) is 36.6 Å². The largest absolute Gasteiger partial charge is 0.354 e. The van der Waals surface area contributed by atoms with Gasteiger partial charge >= 0.3 is 0 Å². The number of nitrogens with zero attached hydrogens (tertiary/aromatic N) is 3. The summed E-state index contributed by atoms with van der Waals surface area (Å²) in [6.45, 7) is 3.29. The van der Waals surface area contributed by atoms with Crippen molar-refractivity contribution in [1.82, 2.24) is 15.2 Å². The molecule has 1 aromatic heterocycles. The molecule has 0 bridgehead atoms. The van der Waals surface area contributed by atoms with Crippen molar-refractivity contribution in [1.29, 1.82) is 0 Å². The molecule has 27 heavy (non-hydrogen) atoms. The van der Waals surface area contributed by atoms with E-state index in [1.807, 2.05) is 23.1 Å². The van der Waals surface area contributed by atoms with Crippen molar-refractivity contribution >= 4 is 42.4 Å². The number of halogens is 2. The Morgan fingerprint density at radius 1 is 1.11 bits per heavy atom. The molecule has 2 fully saturated rings. The summed E-state index contributed by atoms with van der Waals surface area (Å²) in [6.07, 6.45) is 5.59. The second-order valence-electron chi connectivity index (χ2n) is 6.92. The monoisotopic (exact) mass is 417 g/mol. The number of carbonyl (C=O) groups is 2. The number of pyridine rings is 1. The number of aromatic nitrogens is 1. The first-order chi connectivity index (χ1) is 12.1. The molecule has 2 amide bonds. The molecule has 3 rings (SSSR count). The number of piperazine rings is 1.